The maximum Gasteiger partial charge on any atom is -0.000905 e. The highest BCUT2D eigenvalue weighted by atomic mass is 32.1. The van der Waals surface area contributed by atoms with Crippen LogP contribution in [0.2, 0.25) is 0 Å². The average molecular weight is 172 g/mol. The summed E-state index contributed by atoms with van der Waals surface area (Å²) in [6, 6.07) is 0. The van der Waals surface area contributed by atoms with E-state index in [-0.39, 0.29) is 0 Å². The quantitative estimate of drug-likeness (QED) is 0.474. The highest BCUT2D eigenvalue weighted by molar-refractivity contribution is 7.80. The monoisotopic (exact) mass is 172 g/mol. The van der Waals surface area contributed by atoms with Crippen molar-refractivity contribution in [1.82, 2.24) is 0 Å². The van der Waals surface area contributed by atoms with Gasteiger partial charge in [0.2, 0.25) is 0 Å². The standard InChI is InChI=1S/C10H20S/c1-4-5-6-7-9(2)8-10(3)11/h4-5,9-11H,6-8H2,1-3H3. The second-order valence-corrected chi connectivity index (χ2v) is 4.22. The van der Waals surface area contributed by atoms with Crippen LogP contribution in [0.5, 0.6) is 0 Å². The zero-order chi connectivity index (χ0) is 8.69. The van der Waals surface area contributed by atoms with Crippen molar-refractivity contribution in [1.29, 1.82) is 0 Å². The molecule has 0 rings (SSSR count). The van der Waals surface area contributed by atoms with Gasteiger partial charge in [-0.15, -0.1) is 0 Å². The van der Waals surface area contributed by atoms with Gasteiger partial charge in [0.15, 0.2) is 0 Å². The van der Waals surface area contributed by atoms with Crippen molar-refractivity contribution < 1.29 is 0 Å². The lowest BCUT2D eigenvalue weighted by Crippen LogP contribution is -2.01. The molecule has 0 nitrogen and oxygen atoms in total. The lowest BCUT2D eigenvalue weighted by Gasteiger charge is -2.11. The number of hydrogen-bond donors (Lipinski definition) is 1. The molecule has 0 saturated carbocycles. The first-order valence-corrected chi connectivity index (χ1v) is 4.97. The van der Waals surface area contributed by atoms with E-state index in [4.69, 9.17) is 0 Å². The number of thiol groups is 1. The molecular formula is C10H20S. The summed E-state index contributed by atoms with van der Waals surface area (Å²) >= 11 is 4.36. The molecule has 2 unspecified atom stereocenters. The molecule has 0 aromatic heterocycles. The lowest BCUT2D eigenvalue weighted by atomic mass is 10.00. The third-order valence-corrected chi connectivity index (χ3v) is 2.02. The number of hydrogen-bond acceptors (Lipinski definition) is 1. The summed E-state index contributed by atoms with van der Waals surface area (Å²) in [6.45, 7) is 6.54. The van der Waals surface area contributed by atoms with E-state index in [1.54, 1.807) is 0 Å². The van der Waals surface area contributed by atoms with Gasteiger partial charge in [0.1, 0.15) is 0 Å². The summed E-state index contributed by atoms with van der Waals surface area (Å²) in [6.07, 6.45) is 8.12. The van der Waals surface area contributed by atoms with Gasteiger partial charge in [-0.3, -0.25) is 0 Å². The zero-order valence-electron chi connectivity index (χ0n) is 7.88. The second kappa shape index (κ2) is 6.78. The minimum absolute atomic E-state index is 0.551. The van der Waals surface area contributed by atoms with Crippen LogP contribution in [0.4, 0.5) is 0 Å². The number of allylic oxidation sites excluding steroid dienone is 2. The van der Waals surface area contributed by atoms with Crippen molar-refractivity contribution >= 4 is 12.6 Å². The molecule has 0 radical (unpaired) electrons. The fourth-order valence-corrected chi connectivity index (χ4v) is 1.61. The van der Waals surface area contributed by atoms with Crippen LogP contribution in [0.3, 0.4) is 0 Å². The van der Waals surface area contributed by atoms with E-state index in [1.807, 2.05) is 0 Å². The van der Waals surface area contributed by atoms with Crippen molar-refractivity contribution in [3.8, 4) is 0 Å². The third-order valence-electron chi connectivity index (χ3n) is 1.81. The van der Waals surface area contributed by atoms with Crippen molar-refractivity contribution in [2.75, 3.05) is 0 Å². The molecule has 0 amide bonds. The van der Waals surface area contributed by atoms with Crippen LogP contribution in [0.1, 0.15) is 40.0 Å². The molecular weight excluding hydrogens is 152 g/mol. The molecule has 0 spiro atoms. The molecule has 0 aliphatic carbocycles. The molecule has 1 heteroatoms. The molecule has 0 fully saturated rings. The van der Waals surface area contributed by atoms with Crippen LogP contribution < -0.4 is 0 Å². The maximum absolute atomic E-state index is 4.36. The van der Waals surface area contributed by atoms with Crippen LogP contribution in [-0.2, 0) is 0 Å². The molecule has 2 atom stereocenters. The first kappa shape index (κ1) is 11.1. The minimum atomic E-state index is 0.551. The predicted octanol–water partition coefficient (Wildman–Crippen LogP) is 3.69. The van der Waals surface area contributed by atoms with Crippen molar-refractivity contribution in [3.05, 3.63) is 12.2 Å². The molecule has 0 aliphatic rings. The van der Waals surface area contributed by atoms with Crippen LogP contribution >= 0.6 is 12.6 Å². The SMILES string of the molecule is CC=CCCC(C)CC(C)S. The topological polar surface area (TPSA) is 0 Å². The van der Waals surface area contributed by atoms with Gasteiger partial charge in [-0.2, -0.15) is 12.6 Å². The molecule has 0 aromatic carbocycles. The first-order chi connectivity index (χ1) is 5.16. The summed E-state index contributed by atoms with van der Waals surface area (Å²) in [5, 5.41) is 0.551. The summed E-state index contributed by atoms with van der Waals surface area (Å²) in [5.41, 5.74) is 0. The Morgan fingerprint density at radius 1 is 1.36 bits per heavy atom. The fraction of sp³-hybridized carbons (Fsp3) is 0.800. The minimum Gasteiger partial charge on any atom is -0.176 e. The predicted molar refractivity (Wildman–Crippen MR) is 56.3 cm³/mol. The molecule has 0 saturated heterocycles. The van der Waals surface area contributed by atoms with Crippen molar-refractivity contribution in [2.24, 2.45) is 5.92 Å². The molecule has 66 valence electrons. The van der Waals surface area contributed by atoms with Gasteiger partial charge in [0.05, 0.1) is 0 Å². The van der Waals surface area contributed by atoms with E-state index < -0.39 is 0 Å². The molecule has 0 aromatic rings. The Bertz CT molecular complexity index is 105. The van der Waals surface area contributed by atoms with Crippen molar-refractivity contribution in [2.45, 2.75) is 45.3 Å². The van der Waals surface area contributed by atoms with Crippen LogP contribution in [0, 0.1) is 5.92 Å². The van der Waals surface area contributed by atoms with Gasteiger partial charge in [0, 0.05) is 0 Å². The average Bonchev–Trinajstić information content (AvgIpc) is 1.86. The smallest absolute Gasteiger partial charge is 0.000905 e. The van der Waals surface area contributed by atoms with Crippen LogP contribution in [-0.4, -0.2) is 5.25 Å². The Labute approximate surface area is 76.5 Å². The first-order valence-electron chi connectivity index (χ1n) is 4.46. The van der Waals surface area contributed by atoms with Gasteiger partial charge in [-0.25, -0.2) is 0 Å². The second-order valence-electron chi connectivity index (χ2n) is 3.34. The van der Waals surface area contributed by atoms with E-state index in [9.17, 15) is 0 Å². The van der Waals surface area contributed by atoms with E-state index in [1.165, 1.54) is 19.3 Å². The van der Waals surface area contributed by atoms with Gasteiger partial charge < -0.3 is 0 Å². The third kappa shape index (κ3) is 7.99. The Morgan fingerprint density at radius 2 is 2.00 bits per heavy atom. The largest absolute Gasteiger partial charge is 0.176 e. The Morgan fingerprint density at radius 3 is 2.45 bits per heavy atom. The maximum atomic E-state index is 4.36. The van der Waals surface area contributed by atoms with Gasteiger partial charge in [-0.05, 0) is 37.4 Å². The fourth-order valence-electron chi connectivity index (χ4n) is 1.25. The molecule has 0 aliphatic heterocycles. The molecule has 11 heavy (non-hydrogen) atoms. The van der Waals surface area contributed by atoms with Crippen LogP contribution in [0.25, 0.3) is 0 Å². The van der Waals surface area contributed by atoms with E-state index in [0.717, 1.165) is 5.92 Å². The van der Waals surface area contributed by atoms with E-state index in [2.05, 4.69) is 45.6 Å². The normalized spacial score (nSPS) is 17.1. The van der Waals surface area contributed by atoms with E-state index in [0.29, 0.717) is 5.25 Å². The van der Waals surface area contributed by atoms with Gasteiger partial charge in [-0.1, -0.05) is 26.0 Å². The molecule has 0 N–H and O–H groups in total. The van der Waals surface area contributed by atoms with Gasteiger partial charge in [0.25, 0.3) is 0 Å². The highest BCUT2D eigenvalue weighted by Crippen LogP contribution is 2.15. The zero-order valence-corrected chi connectivity index (χ0v) is 8.77. The van der Waals surface area contributed by atoms with Crippen LogP contribution in [0.15, 0.2) is 12.2 Å². The highest BCUT2D eigenvalue weighted by Gasteiger charge is 2.03. The Kier molecular flexibility index (Phi) is 6.83. The van der Waals surface area contributed by atoms with Crippen molar-refractivity contribution in [3.63, 3.8) is 0 Å². The molecule has 0 heterocycles. The summed E-state index contributed by atoms with van der Waals surface area (Å²) in [5.74, 6) is 0.818. The lowest BCUT2D eigenvalue weighted by molar-refractivity contribution is 0.497. The summed E-state index contributed by atoms with van der Waals surface area (Å²) in [4.78, 5) is 0. The summed E-state index contributed by atoms with van der Waals surface area (Å²) in [7, 11) is 0. The summed E-state index contributed by atoms with van der Waals surface area (Å²) < 4.78 is 0. The Hall–Kier alpha value is 0.0900. The van der Waals surface area contributed by atoms with Gasteiger partial charge >= 0.3 is 0 Å². The van der Waals surface area contributed by atoms with E-state index >= 15 is 0 Å². The molecule has 0 bridgehead atoms. The number of rotatable bonds is 5. The Balaban J connectivity index is 3.29.